The van der Waals surface area contributed by atoms with Crippen LogP contribution in [0.25, 0.3) is 11.1 Å². The third-order valence-corrected chi connectivity index (χ3v) is 22.0. The normalized spacial score (nSPS) is 25.9. The number of primary amides is 1. The third kappa shape index (κ3) is 21.5. The largest absolute Gasteiger partial charge is 0.573 e. The van der Waals surface area contributed by atoms with Crippen LogP contribution in [0.1, 0.15) is 121 Å². The predicted octanol–water partition coefficient (Wildman–Crippen LogP) is 2.62. The first-order valence-electron chi connectivity index (χ1n) is 39.3. The third-order valence-electron chi connectivity index (χ3n) is 21.5. The number of fused-ring (bicyclic) bond motifs is 15. The van der Waals surface area contributed by atoms with Crippen molar-refractivity contribution in [3.63, 3.8) is 0 Å². The van der Waals surface area contributed by atoms with Gasteiger partial charge < -0.3 is 138 Å². The van der Waals surface area contributed by atoms with Gasteiger partial charge in [0.25, 0.3) is 11.8 Å². The van der Waals surface area contributed by atoms with Crippen LogP contribution in [0.5, 0.6) is 51.7 Å². The molecule has 7 aliphatic heterocycles. The number of hydrazine groups is 1. The van der Waals surface area contributed by atoms with Gasteiger partial charge in [-0.3, -0.25) is 48.6 Å². The van der Waals surface area contributed by atoms with Crippen molar-refractivity contribution in [1.82, 2.24) is 53.4 Å². The standard InChI is InChI=1S/C83H91Cl2F3N12O26/c1-34(2)22-49(90-5)74(113)98-64-66(107)39-11-18-53(47(84)24-39)121-55-26-41-27-56(70(55)125-81-71(69(110)68(109)57(33-102)123-81)124-59-31-82(4,72(111)35(3)120-59)91-32-36-6-13-42(14-7-36)93-73(112)37-8-15-44(16-9-37)126-83(86,87)88)122-54-19-12-40(25-48(54)85)67(108)65-79(118)97-63(80(119)100-92-20-21-101)46-28-43(103)29-52(105)60(46)45-23-38(10-17-51(45)104)61(76(115)99-65)96-77(116)62(41)95-75(114)50(30-58(89)106)94-78(64)117/h6-19,23-29,34-35,49-50,57,59,61-69,71-72,81,90-92,101-105,107-111H,20-22,30-33H2,1-5H3,(H2,89,106)(H,93,112)(H,94,117)(H,95,114)(H,96,116)(H,97,118)(H,98,113)(H,99,115)(H,100,119)/t35-,49+,50-,57+,59-,61+,62+,63+,64+,65-,66+,67+,68+,69-,71+,72+,81-,82-/m0/s1. The van der Waals surface area contributed by atoms with E-state index in [4.69, 9.17) is 57.4 Å². The van der Waals surface area contributed by atoms with Crippen LogP contribution in [0.3, 0.4) is 0 Å². The lowest BCUT2D eigenvalue weighted by atomic mass is 9.84. The van der Waals surface area contributed by atoms with Gasteiger partial charge >= 0.3 is 6.36 Å². The second-order valence-electron chi connectivity index (χ2n) is 31.0. The molecule has 674 valence electrons. The Hall–Kier alpha value is -11.8. The number of aliphatic hydroxyl groups excluding tert-OH is 7. The number of nitrogens with one attached hydrogen (secondary N) is 11. The molecular weight excluding hydrogens is 1710 g/mol. The van der Waals surface area contributed by atoms with Crippen molar-refractivity contribution in [1.29, 1.82) is 0 Å². The lowest BCUT2D eigenvalue weighted by Gasteiger charge is -2.48. The molecule has 9 amide bonds. The Balaban J connectivity index is 1.00. The van der Waals surface area contributed by atoms with E-state index in [-0.39, 0.29) is 59.9 Å². The van der Waals surface area contributed by atoms with E-state index in [1.54, 1.807) is 45.0 Å². The summed E-state index contributed by atoms with van der Waals surface area (Å²) in [5.41, 5.74) is 7.24. The number of hydrogen-bond acceptors (Lipinski definition) is 29. The van der Waals surface area contributed by atoms with E-state index >= 15 is 24.0 Å². The molecule has 23 N–H and O–H groups in total. The minimum absolute atomic E-state index is 0.0127. The molecule has 7 heterocycles. The average Bonchev–Trinajstić information content (AvgIpc) is 0.765. The second-order valence-corrected chi connectivity index (χ2v) is 31.8. The number of halogens is 5. The van der Waals surface area contributed by atoms with Gasteiger partial charge in [-0.2, -0.15) is 0 Å². The molecule has 43 heteroatoms. The zero-order valence-corrected chi connectivity index (χ0v) is 68.9. The molecule has 14 rings (SSSR count). The van der Waals surface area contributed by atoms with Gasteiger partial charge in [-0.15, -0.1) is 13.2 Å². The van der Waals surface area contributed by atoms with Crippen LogP contribution in [0, 0.1) is 5.92 Å². The summed E-state index contributed by atoms with van der Waals surface area (Å²) in [5.74, 6) is -16.9. The minimum atomic E-state index is -4.96. The summed E-state index contributed by atoms with van der Waals surface area (Å²) in [5, 5.41) is 139. The number of benzene rings is 7. The maximum Gasteiger partial charge on any atom is 0.573 e. The number of alkyl halides is 3. The van der Waals surface area contributed by atoms with E-state index in [1.807, 2.05) is 0 Å². The molecular formula is C83H91Cl2F3N12O26. The van der Waals surface area contributed by atoms with Gasteiger partial charge in [0, 0.05) is 53.5 Å². The number of ether oxygens (including phenoxy) is 7. The summed E-state index contributed by atoms with van der Waals surface area (Å²) < 4.78 is 81.7. The van der Waals surface area contributed by atoms with Gasteiger partial charge in [-0.25, -0.2) is 5.43 Å². The Morgan fingerprint density at radius 2 is 1.32 bits per heavy atom. The van der Waals surface area contributed by atoms with Crippen LogP contribution in [0.15, 0.2) is 127 Å². The van der Waals surface area contributed by atoms with E-state index in [0.29, 0.717) is 11.3 Å². The highest BCUT2D eigenvalue weighted by Gasteiger charge is 2.53. The lowest BCUT2D eigenvalue weighted by molar-refractivity contribution is -0.334. The molecule has 38 nitrogen and oxygen atoms in total. The van der Waals surface area contributed by atoms with Gasteiger partial charge in [0.05, 0.1) is 47.9 Å². The summed E-state index contributed by atoms with van der Waals surface area (Å²) in [6, 6.07) is 9.86. The predicted molar refractivity (Wildman–Crippen MR) is 435 cm³/mol. The van der Waals surface area contributed by atoms with Crippen molar-refractivity contribution in [2.75, 3.05) is 32.1 Å². The number of nitrogens with two attached hydrogens (primary N) is 1. The molecule has 11 bridgehead atoms. The quantitative estimate of drug-likeness (QED) is 0.0342. The van der Waals surface area contributed by atoms with Gasteiger partial charge in [0.2, 0.25) is 53.4 Å². The highest BCUT2D eigenvalue weighted by atomic mass is 35.5. The number of likely N-dealkylation sites (N-methyl/N-ethyl adjacent to an activating group) is 1. The Bertz CT molecular complexity index is 5260. The second kappa shape index (κ2) is 39.4. The summed E-state index contributed by atoms with van der Waals surface area (Å²) in [6.45, 7) is 4.89. The molecule has 0 saturated carbocycles. The molecule has 18 atom stereocenters. The fourth-order valence-electron chi connectivity index (χ4n) is 14.9. The van der Waals surface area contributed by atoms with Crippen molar-refractivity contribution in [3.05, 3.63) is 176 Å². The van der Waals surface area contributed by atoms with E-state index in [2.05, 4.69) is 63.4 Å². The number of aromatic hydroxyl groups is 3. The number of anilines is 1. The SMILES string of the molecule is CN[C@H](CC(C)C)C(=O)N[C@H]1C(=O)N[C@@H](CC(N)=O)C(=O)N[C@H]2C(=O)N[C@H]3C(=O)N[C@H](C(=O)N[C@@H](C(=O)NNCCO)c4cc(O)cc(O)c4-c4cc3ccc4O)[C@H](O)c3ccc(c(Cl)c3)Oc3cc2cc(c3O[C@@H]2O[C@H](CO)[C@@H](O)[C@H](O)[C@H]2O[C@H]2C[C@](C)(NCc3ccc(NC(=O)c4ccc(OC(F)(F)F)cc4)cc3)[C@H](O)[C@H](C)O2)Oc2ccc(cc2Cl)[C@H]1O. The van der Waals surface area contributed by atoms with Crippen molar-refractivity contribution >= 4 is 82.1 Å². The summed E-state index contributed by atoms with van der Waals surface area (Å²) in [7, 11) is 1.46. The molecule has 2 saturated heterocycles. The minimum Gasteiger partial charge on any atom is -0.508 e. The van der Waals surface area contributed by atoms with Crippen LogP contribution in [0.4, 0.5) is 18.9 Å². The molecule has 0 aliphatic carbocycles. The first-order valence-corrected chi connectivity index (χ1v) is 40.1. The number of hydrogen-bond donors (Lipinski definition) is 22. The molecule has 2 fully saturated rings. The summed E-state index contributed by atoms with van der Waals surface area (Å²) in [6.07, 6.45) is -24.5. The van der Waals surface area contributed by atoms with Gasteiger partial charge in [-0.1, -0.05) is 67.4 Å². The van der Waals surface area contributed by atoms with Crippen molar-refractivity contribution < 1.29 is 141 Å². The van der Waals surface area contributed by atoms with E-state index in [0.717, 1.165) is 91.0 Å². The molecule has 0 spiro atoms. The smallest absolute Gasteiger partial charge is 0.508 e. The van der Waals surface area contributed by atoms with E-state index in [9.17, 15) is 83.4 Å². The first kappa shape index (κ1) is 93.4. The number of amides is 9. The van der Waals surface area contributed by atoms with Crippen molar-refractivity contribution in [3.8, 4) is 62.9 Å². The van der Waals surface area contributed by atoms with Crippen LogP contribution >= 0.6 is 23.2 Å². The molecule has 126 heavy (non-hydrogen) atoms. The molecule has 7 aromatic carbocycles. The van der Waals surface area contributed by atoms with Crippen LogP contribution in [-0.4, -0.2) is 216 Å². The molecule has 7 aliphatic rings. The fourth-order valence-corrected chi connectivity index (χ4v) is 15.4. The summed E-state index contributed by atoms with van der Waals surface area (Å²) in [4.78, 5) is 133. The molecule has 0 radical (unpaired) electrons. The number of rotatable bonds is 22. The van der Waals surface area contributed by atoms with Gasteiger partial charge in [0.15, 0.2) is 23.9 Å². The van der Waals surface area contributed by atoms with E-state index in [1.165, 1.54) is 26.1 Å². The van der Waals surface area contributed by atoms with Gasteiger partial charge in [-0.05, 0) is 158 Å². The zero-order valence-electron chi connectivity index (χ0n) is 67.4. The van der Waals surface area contributed by atoms with Crippen LogP contribution in [0.2, 0.25) is 10.0 Å². The number of aliphatic hydroxyl groups is 7. The van der Waals surface area contributed by atoms with Crippen molar-refractivity contribution in [2.45, 2.75) is 169 Å². The average molecular weight is 1800 g/mol. The van der Waals surface area contributed by atoms with Crippen LogP contribution in [-0.2, 0) is 59.1 Å². The topological polar surface area (TPSA) is 579 Å². The van der Waals surface area contributed by atoms with Gasteiger partial charge in [0.1, 0.15) is 101 Å². The molecule has 0 unspecified atom stereocenters. The Morgan fingerprint density at radius 3 is 1.93 bits per heavy atom. The number of phenols is 3. The van der Waals surface area contributed by atoms with Crippen molar-refractivity contribution in [2.24, 2.45) is 11.7 Å². The maximum atomic E-state index is 16.3. The lowest BCUT2D eigenvalue weighted by Crippen LogP contribution is -2.65. The zero-order chi connectivity index (χ0) is 91.2. The van der Waals surface area contributed by atoms with E-state index < -0.39 is 267 Å². The highest BCUT2D eigenvalue weighted by Crippen LogP contribution is 2.50. The Morgan fingerprint density at radius 1 is 0.690 bits per heavy atom. The first-order chi connectivity index (χ1) is 59.7. The number of phenolic OH excluding ortho intramolecular Hbond substituents is 3. The van der Waals surface area contributed by atoms with Crippen LogP contribution < -0.4 is 83.4 Å². The number of carbonyl (C=O) groups is 9. The molecule has 0 aromatic heterocycles. The maximum absolute atomic E-state index is 16.3. The monoisotopic (exact) mass is 1800 g/mol. The fraction of sp³-hybridized carbons (Fsp3) is 0.386. The molecule has 7 aromatic rings. The number of carbonyl (C=O) groups excluding carboxylic acids is 9. The summed E-state index contributed by atoms with van der Waals surface area (Å²) >= 11 is 14.3. The Kier molecular flexibility index (Phi) is 29.2. The Labute approximate surface area is 724 Å². The highest BCUT2D eigenvalue weighted by molar-refractivity contribution is 6.32.